The van der Waals surface area contributed by atoms with Gasteiger partial charge in [-0.3, -0.25) is 9.59 Å². The van der Waals surface area contributed by atoms with E-state index in [9.17, 15) is 9.59 Å². The lowest BCUT2D eigenvalue weighted by Gasteiger charge is -2.44. The summed E-state index contributed by atoms with van der Waals surface area (Å²) in [4.78, 5) is 30.1. The number of hydrogen-bond acceptors (Lipinski definition) is 3. The molecule has 158 valence electrons. The second-order valence-corrected chi connectivity index (χ2v) is 8.41. The monoisotopic (exact) mass is 406 g/mol. The van der Waals surface area contributed by atoms with Crippen molar-refractivity contribution in [2.75, 3.05) is 26.7 Å². The number of nitrogens with zero attached hydrogens (tertiary/aromatic N) is 2. The van der Waals surface area contributed by atoms with Gasteiger partial charge in [0, 0.05) is 26.6 Å². The Balaban J connectivity index is 1.63. The molecular weight excluding hydrogens is 376 g/mol. The quantitative estimate of drug-likeness (QED) is 0.773. The molecule has 2 aliphatic rings. The number of methoxy groups -OCH3 is 1. The fourth-order valence-electron chi connectivity index (χ4n) is 5.12. The van der Waals surface area contributed by atoms with E-state index in [0.29, 0.717) is 19.6 Å². The number of carbonyl (C=O) groups is 2. The molecule has 1 atom stereocenters. The van der Waals surface area contributed by atoms with Gasteiger partial charge in [0.1, 0.15) is 5.75 Å². The van der Waals surface area contributed by atoms with Crippen molar-refractivity contribution in [3.05, 3.63) is 65.7 Å². The Morgan fingerprint density at radius 3 is 2.23 bits per heavy atom. The van der Waals surface area contributed by atoms with Crippen LogP contribution in [0.25, 0.3) is 0 Å². The Morgan fingerprint density at radius 1 is 0.967 bits per heavy atom. The van der Waals surface area contributed by atoms with Gasteiger partial charge in [0.15, 0.2) is 0 Å². The molecule has 1 heterocycles. The van der Waals surface area contributed by atoms with Crippen LogP contribution in [0.2, 0.25) is 0 Å². The summed E-state index contributed by atoms with van der Waals surface area (Å²) in [6.07, 6.45) is 3.88. The van der Waals surface area contributed by atoms with Crippen LogP contribution in [-0.2, 0) is 15.0 Å². The first-order chi connectivity index (χ1) is 14.5. The molecule has 1 saturated heterocycles. The number of ether oxygens (including phenoxy) is 1. The van der Waals surface area contributed by atoms with E-state index >= 15 is 0 Å². The molecule has 0 unspecified atom stereocenters. The van der Waals surface area contributed by atoms with Crippen molar-refractivity contribution in [3.8, 4) is 5.75 Å². The highest BCUT2D eigenvalue weighted by molar-refractivity contribution is 5.89. The molecular formula is C25H30N2O3. The number of carbonyl (C=O) groups excluding carboxylic acids is 2. The van der Waals surface area contributed by atoms with Crippen molar-refractivity contribution in [3.63, 3.8) is 0 Å². The van der Waals surface area contributed by atoms with Crippen molar-refractivity contribution >= 4 is 11.8 Å². The third-order valence-electron chi connectivity index (χ3n) is 6.77. The van der Waals surface area contributed by atoms with Gasteiger partial charge in [-0.2, -0.15) is 0 Å². The summed E-state index contributed by atoms with van der Waals surface area (Å²) in [7, 11) is 1.66. The number of hydrogen-bond donors (Lipinski definition) is 0. The molecule has 2 amide bonds. The smallest absolute Gasteiger partial charge is 0.233 e. The topological polar surface area (TPSA) is 49.9 Å². The molecule has 0 spiro atoms. The second kappa shape index (κ2) is 8.50. The van der Waals surface area contributed by atoms with Gasteiger partial charge < -0.3 is 14.5 Å². The van der Waals surface area contributed by atoms with Gasteiger partial charge >= 0.3 is 0 Å². The number of rotatable bonds is 4. The summed E-state index contributed by atoms with van der Waals surface area (Å²) in [6.45, 7) is 3.31. The zero-order valence-electron chi connectivity index (χ0n) is 17.8. The van der Waals surface area contributed by atoms with Crippen LogP contribution in [0.5, 0.6) is 5.75 Å². The summed E-state index contributed by atoms with van der Waals surface area (Å²) in [5.74, 6) is 1.06. The summed E-state index contributed by atoms with van der Waals surface area (Å²) >= 11 is 0. The highest BCUT2D eigenvalue weighted by Crippen LogP contribution is 2.44. The lowest BCUT2D eigenvalue weighted by molar-refractivity contribution is -0.145. The zero-order chi connectivity index (χ0) is 21.1. The first-order valence-corrected chi connectivity index (χ1v) is 10.8. The molecule has 4 rings (SSSR count). The maximum Gasteiger partial charge on any atom is 0.233 e. The molecule has 2 aromatic carbocycles. The van der Waals surface area contributed by atoms with Crippen molar-refractivity contribution in [1.82, 2.24) is 9.80 Å². The van der Waals surface area contributed by atoms with Crippen LogP contribution in [0, 0.1) is 0 Å². The Bertz CT molecular complexity index is 888. The average molecular weight is 407 g/mol. The molecule has 1 saturated carbocycles. The summed E-state index contributed by atoms with van der Waals surface area (Å²) in [6, 6.07) is 17.9. The molecule has 0 aromatic heterocycles. The SMILES string of the molecule is COc1ccc(C2(C(=O)N3CCN(C(C)=O)[C@H](c4ccccc4)C3)CCCC2)cc1. The Kier molecular flexibility index (Phi) is 5.80. The minimum atomic E-state index is -0.466. The van der Waals surface area contributed by atoms with E-state index in [1.165, 1.54) is 0 Å². The molecule has 2 aromatic rings. The summed E-state index contributed by atoms with van der Waals surface area (Å²) in [5, 5.41) is 0. The van der Waals surface area contributed by atoms with Gasteiger partial charge in [0.25, 0.3) is 0 Å². The second-order valence-electron chi connectivity index (χ2n) is 8.41. The number of benzene rings is 2. The van der Waals surface area contributed by atoms with E-state index in [-0.39, 0.29) is 17.9 Å². The zero-order valence-corrected chi connectivity index (χ0v) is 17.8. The highest BCUT2D eigenvalue weighted by atomic mass is 16.5. The van der Waals surface area contributed by atoms with E-state index in [1.54, 1.807) is 14.0 Å². The van der Waals surface area contributed by atoms with E-state index in [0.717, 1.165) is 42.6 Å². The van der Waals surface area contributed by atoms with Crippen LogP contribution in [0.4, 0.5) is 0 Å². The number of piperazine rings is 1. The van der Waals surface area contributed by atoms with Gasteiger partial charge in [0.05, 0.1) is 18.6 Å². The fourth-order valence-corrected chi connectivity index (χ4v) is 5.12. The molecule has 5 heteroatoms. The van der Waals surface area contributed by atoms with Gasteiger partial charge in [-0.05, 0) is 36.1 Å². The van der Waals surface area contributed by atoms with Gasteiger partial charge in [-0.15, -0.1) is 0 Å². The Morgan fingerprint density at radius 2 is 1.63 bits per heavy atom. The fraction of sp³-hybridized carbons (Fsp3) is 0.440. The van der Waals surface area contributed by atoms with Gasteiger partial charge in [-0.1, -0.05) is 55.3 Å². The third-order valence-corrected chi connectivity index (χ3v) is 6.77. The van der Waals surface area contributed by atoms with Gasteiger partial charge in [-0.25, -0.2) is 0 Å². The van der Waals surface area contributed by atoms with E-state index < -0.39 is 5.41 Å². The van der Waals surface area contributed by atoms with Gasteiger partial charge in [0.2, 0.25) is 11.8 Å². The predicted octanol–water partition coefficient (Wildman–Crippen LogP) is 3.94. The minimum Gasteiger partial charge on any atom is -0.497 e. The number of amides is 2. The van der Waals surface area contributed by atoms with Crippen molar-refractivity contribution in [2.45, 2.75) is 44.1 Å². The average Bonchev–Trinajstić information content (AvgIpc) is 3.30. The molecule has 30 heavy (non-hydrogen) atoms. The first-order valence-electron chi connectivity index (χ1n) is 10.8. The molecule has 0 radical (unpaired) electrons. The van der Waals surface area contributed by atoms with Crippen LogP contribution in [-0.4, -0.2) is 48.4 Å². The lowest BCUT2D eigenvalue weighted by Crippen LogP contribution is -2.55. The Labute approximate surface area is 178 Å². The standard InChI is InChI=1S/C25H30N2O3/c1-19(28)27-17-16-26(18-23(27)20-8-4-3-5-9-20)24(29)25(14-6-7-15-25)21-10-12-22(30-2)13-11-21/h3-5,8-13,23H,6-7,14-18H2,1-2H3/t23-/m0/s1. The largest absolute Gasteiger partial charge is 0.497 e. The normalized spacial score (nSPS) is 20.8. The first kappa shape index (κ1) is 20.5. The molecule has 0 N–H and O–H groups in total. The van der Waals surface area contributed by atoms with Crippen molar-refractivity contribution < 1.29 is 14.3 Å². The summed E-state index contributed by atoms with van der Waals surface area (Å²) in [5.41, 5.74) is 1.69. The van der Waals surface area contributed by atoms with E-state index in [4.69, 9.17) is 4.74 Å². The van der Waals surface area contributed by atoms with E-state index in [1.807, 2.05) is 64.4 Å². The van der Waals surface area contributed by atoms with Crippen molar-refractivity contribution in [1.29, 1.82) is 0 Å². The van der Waals surface area contributed by atoms with Crippen LogP contribution < -0.4 is 4.74 Å². The van der Waals surface area contributed by atoms with Crippen LogP contribution in [0.15, 0.2) is 54.6 Å². The molecule has 5 nitrogen and oxygen atoms in total. The maximum atomic E-state index is 13.9. The predicted molar refractivity (Wildman–Crippen MR) is 116 cm³/mol. The highest BCUT2D eigenvalue weighted by Gasteiger charge is 2.46. The molecule has 2 fully saturated rings. The lowest BCUT2D eigenvalue weighted by atomic mass is 9.77. The maximum absolute atomic E-state index is 13.9. The minimum absolute atomic E-state index is 0.0571. The van der Waals surface area contributed by atoms with E-state index in [2.05, 4.69) is 0 Å². The molecule has 1 aliphatic heterocycles. The van der Waals surface area contributed by atoms with Crippen molar-refractivity contribution in [2.24, 2.45) is 0 Å². The Hall–Kier alpha value is -2.82. The van der Waals surface area contributed by atoms with Crippen LogP contribution in [0.3, 0.4) is 0 Å². The molecule has 0 bridgehead atoms. The van der Waals surface area contributed by atoms with Crippen LogP contribution in [0.1, 0.15) is 49.8 Å². The third kappa shape index (κ3) is 3.69. The van der Waals surface area contributed by atoms with Crippen LogP contribution >= 0.6 is 0 Å². The summed E-state index contributed by atoms with van der Waals surface area (Å²) < 4.78 is 5.31. The molecule has 1 aliphatic carbocycles.